The molecule has 0 spiro atoms. The lowest BCUT2D eigenvalue weighted by Crippen LogP contribution is -2.25. The molecule has 0 saturated carbocycles. The van der Waals surface area contributed by atoms with Gasteiger partial charge in [0.1, 0.15) is 5.58 Å². The Labute approximate surface area is 115 Å². The number of thioether (sulfide) groups is 1. The van der Waals surface area contributed by atoms with Crippen LogP contribution in [0.5, 0.6) is 0 Å². The molecule has 3 rings (SSSR count). The summed E-state index contributed by atoms with van der Waals surface area (Å²) < 4.78 is 6.36. The Kier molecular flexibility index (Phi) is 2.91. The van der Waals surface area contributed by atoms with E-state index in [0.717, 1.165) is 32.8 Å². The minimum atomic E-state index is -0.375. The van der Waals surface area contributed by atoms with Gasteiger partial charge in [-0.25, -0.2) is 0 Å². The first kappa shape index (κ1) is 11.8. The Bertz CT molecular complexity index is 652. The number of carbonyl (C=O) groups excluding carboxylic acids is 2. The number of hydrogen-bond acceptors (Lipinski definition) is 4. The van der Waals surface area contributed by atoms with Gasteiger partial charge in [0, 0.05) is 9.86 Å². The van der Waals surface area contributed by atoms with E-state index in [2.05, 4.69) is 21.2 Å². The lowest BCUT2D eigenvalue weighted by molar-refractivity contribution is -0.118. The molecule has 1 atom stereocenters. The minimum Gasteiger partial charge on any atom is -0.464 e. The first-order valence-corrected chi connectivity index (χ1v) is 6.98. The lowest BCUT2D eigenvalue weighted by atomic mass is 10.1. The molecule has 1 N–H and O–H groups in total. The zero-order valence-electron chi connectivity index (χ0n) is 9.10. The van der Waals surface area contributed by atoms with Gasteiger partial charge in [-0.05, 0) is 30.2 Å². The molecule has 1 unspecified atom stereocenters. The summed E-state index contributed by atoms with van der Waals surface area (Å²) in [5, 5.41) is 2.61. The molecule has 1 fully saturated rings. The molecule has 1 saturated heterocycles. The first-order valence-electron chi connectivity index (χ1n) is 5.30. The molecule has 6 heteroatoms. The van der Waals surface area contributed by atoms with E-state index in [1.165, 1.54) is 0 Å². The average Bonchev–Trinajstić information content (AvgIpc) is 2.86. The number of amides is 2. The van der Waals surface area contributed by atoms with Crippen LogP contribution in [0, 0.1) is 0 Å². The molecule has 1 aliphatic rings. The second kappa shape index (κ2) is 4.44. The first-order chi connectivity index (χ1) is 8.63. The zero-order chi connectivity index (χ0) is 12.7. The number of hydrogen-bond donors (Lipinski definition) is 1. The SMILES string of the molecule is O=C1NC(=O)C(Cc2cc(Br)cc3ccoc23)S1. The number of carbonyl (C=O) groups is 2. The van der Waals surface area contributed by atoms with Crippen molar-refractivity contribution in [3.8, 4) is 0 Å². The predicted octanol–water partition coefficient (Wildman–Crippen LogP) is 3.09. The van der Waals surface area contributed by atoms with Crippen LogP contribution in [-0.2, 0) is 11.2 Å². The lowest BCUT2D eigenvalue weighted by Gasteiger charge is -2.06. The molecule has 92 valence electrons. The van der Waals surface area contributed by atoms with Crippen molar-refractivity contribution in [3.05, 3.63) is 34.5 Å². The molecule has 4 nitrogen and oxygen atoms in total. The number of fused-ring (bicyclic) bond motifs is 1. The van der Waals surface area contributed by atoms with E-state index in [1.54, 1.807) is 6.26 Å². The van der Waals surface area contributed by atoms with Gasteiger partial charge >= 0.3 is 0 Å². The fourth-order valence-corrected chi connectivity index (χ4v) is 3.36. The summed E-state index contributed by atoms with van der Waals surface area (Å²) in [5.41, 5.74) is 1.69. The van der Waals surface area contributed by atoms with E-state index < -0.39 is 0 Å². The van der Waals surface area contributed by atoms with Crippen molar-refractivity contribution in [2.24, 2.45) is 0 Å². The molecule has 2 amide bonds. The molecular formula is C12H8BrNO3S. The predicted molar refractivity (Wildman–Crippen MR) is 72.5 cm³/mol. The maximum atomic E-state index is 11.6. The summed E-state index contributed by atoms with van der Waals surface area (Å²) in [4.78, 5) is 22.7. The van der Waals surface area contributed by atoms with Crippen molar-refractivity contribution in [3.63, 3.8) is 0 Å². The topological polar surface area (TPSA) is 59.3 Å². The summed E-state index contributed by atoms with van der Waals surface area (Å²) >= 11 is 4.46. The molecule has 2 heterocycles. The van der Waals surface area contributed by atoms with Gasteiger partial charge in [0.25, 0.3) is 5.24 Å². The van der Waals surface area contributed by atoms with Crippen molar-refractivity contribution in [2.75, 3.05) is 0 Å². The van der Waals surface area contributed by atoms with Crippen molar-refractivity contribution in [1.29, 1.82) is 0 Å². The highest BCUT2D eigenvalue weighted by atomic mass is 79.9. The molecule has 0 aliphatic carbocycles. The number of furan rings is 1. The number of imide groups is 1. The molecule has 18 heavy (non-hydrogen) atoms. The van der Waals surface area contributed by atoms with Crippen LogP contribution < -0.4 is 5.32 Å². The Balaban J connectivity index is 1.97. The standard InChI is InChI=1S/C12H8BrNO3S/c13-8-3-6-1-2-17-10(6)7(4-8)5-9-11(15)14-12(16)18-9/h1-4,9H,5H2,(H,14,15,16). The van der Waals surface area contributed by atoms with Gasteiger partial charge in [-0.15, -0.1) is 0 Å². The fraction of sp³-hybridized carbons (Fsp3) is 0.167. The van der Waals surface area contributed by atoms with Crippen LogP contribution in [0.3, 0.4) is 0 Å². The number of halogens is 1. The Morgan fingerprint density at radius 1 is 1.39 bits per heavy atom. The van der Waals surface area contributed by atoms with Crippen molar-refractivity contribution in [1.82, 2.24) is 5.32 Å². The summed E-state index contributed by atoms with van der Waals surface area (Å²) in [7, 11) is 0. The molecule has 1 aliphatic heterocycles. The number of rotatable bonds is 2. The normalized spacial score (nSPS) is 19.5. The second-order valence-corrected chi connectivity index (χ2v) is 6.08. The third-order valence-electron chi connectivity index (χ3n) is 2.77. The Morgan fingerprint density at radius 3 is 2.94 bits per heavy atom. The van der Waals surface area contributed by atoms with Crippen LogP contribution in [-0.4, -0.2) is 16.4 Å². The van der Waals surface area contributed by atoms with Crippen LogP contribution in [0.1, 0.15) is 5.56 Å². The monoisotopic (exact) mass is 325 g/mol. The van der Waals surface area contributed by atoms with Crippen LogP contribution in [0.2, 0.25) is 0 Å². The minimum absolute atomic E-state index is 0.232. The van der Waals surface area contributed by atoms with Gasteiger partial charge in [-0.1, -0.05) is 27.7 Å². The summed E-state index contributed by atoms with van der Waals surface area (Å²) in [6, 6.07) is 5.74. The van der Waals surface area contributed by atoms with Crippen molar-refractivity contribution < 1.29 is 14.0 Å². The maximum absolute atomic E-state index is 11.6. The van der Waals surface area contributed by atoms with E-state index in [9.17, 15) is 9.59 Å². The van der Waals surface area contributed by atoms with Gasteiger partial charge in [0.2, 0.25) is 5.91 Å². The smallest absolute Gasteiger partial charge is 0.286 e. The van der Waals surface area contributed by atoms with Crippen LogP contribution in [0.15, 0.2) is 33.4 Å². The molecule has 1 aromatic carbocycles. The quantitative estimate of drug-likeness (QED) is 0.921. The number of nitrogens with one attached hydrogen (secondary N) is 1. The van der Waals surface area contributed by atoms with Crippen LogP contribution in [0.25, 0.3) is 11.0 Å². The highest BCUT2D eigenvalue weighted by Crippen LogP contribution is 2.30. The molecule has 0 bridgehead atoms. The highest BCUT2D eigenvalue weighted by Gasteiger charge is 2.32. The van der Waals surface area contributed by atoms with Gasteiger partial charge in [-0.2, -0.15) is 0 Å². The van der Waals surface area contributed by atoms with E-state index in [4.69, 9.17) is 4.42 Å². The van der Waals surface area contributed by atoms with Gasteiger partial charge in [0.15, 0.2) is 0 Å². The third-order valence-corrected chi connectivity index (χ3v) is 4.20. The zero-order valence-corrected chi connectivity index (χ0v) is 11.5. The molecule has 1 aromatic heterocycles. The van der Waals surface area contributed by atoms with Crippen LogP contribution in [0.4, 0.5) is 4.79 Å². The average molecular weight is 326 g/mol. The van der Waals surface area contributed by atoms with Crippen molar-refractivity contribution in [2.45, 2.75) is 11.7 Å². The third kappa shape index (κ3) is 2.06. The van der Waals surface area contributed by atoms with Gasteiger partial charge in [0.05, 0.1) is 11.5 Å². The highest BCUT2D eigenvalue weighted by molar-refractivity contribution is 9.10. The van der Waals surface area contributed by atoms with Crippen molar-refractivity contribution >= 4 is 49.8 Å². The van der Waals surface area contributed by atoms with E-state index in [1.807, 2.05) is 18.2 Å². The van der Waals surface area contributed by atoms with Gasteiger partial charge < -0.3 is 4.42 Å². The van der Waals surface area contributed by atoms with E-state index in [-0.39, 0.29) is 16.4 Å². The van der Waals surface area contributed by atoms with Gasteiger partial charge in [-0.3, -0.25) is 14.9 Å². The number of benzene rings is 1. The summed E-state index contributed by atoms with van der Waals surface area (Å²) in [6.07, 6.45) is 2.10. The molecular weight excluding hydrogens is 318 g/mol. The molecule has 0 radical (unpaired) electrons. The fourth-order valence-electron chi connectivity index (χ4n) is 2.00. The Morgan fingerprint density at radius 2 is 2.22 bits per heavy atom. The summed E-state index contributed by atoms with van der Waals surface area (Å²) in [6.45, 7) is 0. The maximum Gasteiger partial charge on any atom is 0.286 e. The van der Waals surface area contributed by atoms with Crippen LogP contribution >= 0.6 is 27.7 Å². The second-order valence-electron chi connectivity index (χ2n) is 3.99. The molecule has 2 aromatic rings. The Hall–Kier alpha value is -1.27. The largest absolute Gasteiger partial charge is 0.464 e. The van der Waals surface area contributed by atoms with E-state index >= 15 is 0 Å². The van der Waals surface area contributed by atoms with E-state index in [0.29, 0.717) is 6.42 Å². The summed E-state index contributed by atoms with van der Waals surface area (Å²) in [5.74, 6) is -0.232.